The van der Waals surface area contributed by atoms with Crippen molar-refractivity contribution in [1.82, 2.24) is 4.98 Å². The summed E-state index contributed by atoms with van der Waals surface area (Å²) in [5.41, 5.74) is 1.06. The van der Waals surface area contributed by atoms with Gasteiger partial charge in [0.05, 0.1) is 12.4 Å². The van der Waals surface area contributed by atoms with Crippen LogP contribution in [0.5, 0.6) is 0 Å². The van der Waals surface area contributed by atoms with E-state index in [-0.39, 0.29) is 0 Å². The molecule has 0 amide bonds. The van der Waals surface area contributed by atoms with Crippen LogP contribution in [-0.2, 0) is 0 Å². The standard InChI is InChI=1S/C15H11N3S/c1-2-7-14-12(4-1)5-3-6-13(14)10-17-18-11-15-16-8-9-19-15/h1-11H/b17-10+,18-11+. The molecule has 3 rings (SSSR count). The molecular formula is C15H11N3S. The maximum atomic E-state index is 4.11. The molecule has 0 saturated carbocycles. The van der Waals surface area contributed by atoms with Gasteiger partial charge in [-0.1, -0.05) is 42.5 Å². The number of benzene rings is 2. The molecule has 0 aliphatic rings. The van der Waals surface area contributed by atoms with Gasteiger partial charge in [0.1, 0.15) is 5.01 Å². The second-order valence-electron chi connectivity index (χ2n) is 3.93. The predicted octanol–water partition coefficient (Wildman–Crippen LogP) is 3.75. The largest absolute Gasteiger partial charge is 0.243 e. The molecule has 0 radical (unpaired) electrons. The van der Waals surface area contributed by atoms with E-state index in [1.165, 1.54) is 22.1 Å². The van der Waals surface area contributed by atoms with Crippen LogP contribution in [0.15, 0.2) is 64.2 Å². The first-order chi connectivity index (χ1) is 9.43. The Morgan fingerprint density at radius 2 is 1.79 bits per heavy atom. The van der Waals surface area contributed by atoms with Crippen LogP contribution in [-0.4, -0.2) is 17.4 Å². The molecule has 3 aromatic rings. The first kappa shape index (κ1) is 11.7. The smallest absolute Gasteiger partial charge is 0.136 e. The van der Waals surface area contributed by atoms with Gasteiger partial charge >= 0.3 is 0 Å². The van der Waals surface area contributed by atoms with Gasteiger partial charge in [0.2, 0.25) is 0 Å². The van der Waals surface area contributed by atoms with Gasteiger partial charge in [0.15, 0.2) is 0 Å². The Bertz CT molecular complexity index is 725. The summed E-state index contributed by atoms with van der Waals surface area (Å²) < 4.78 is 0. The van der Waals surface area contributed by atoms with Crippen LogP contribution in [0.25, 0.3) is 10.8 Å². The van der Waals surface area contributed by atoms with Crippen molar-refractivity contribution in [2.24, 2.45) is 10.2 Å². The minimum absolute atomic E-state index is 0.857. The summed E-state index contributed by atoms with van der Waals surface area (Å²) in [5, 5.41) is 13.2. The first-order valence-corrected chi connectivity index (χ1v) is 6.75. The van der Waals surface area contributed by atoms with Crippen molar-refractivity contribution >= 4 is 34.5 Å². The van der Waals surface area contributed by atoms with Gasteiger partial charge in [0.25, 0.3) is 0 Å². The summed E-state index contributed by atoms with van der Waals surface area (Å²) in [4.78, 5) is 4.11. The Kier molecular flexibility index (Phi) is 3.42. The third-order valence-electron chi connectivity index (χ3n) is 2.71. The molecule has 1 heterocycles. The van der Waals surface area contributed by atoms with Crippen LogP contribution in [0.2, 0.25) is 0 Å². The highest BCUT2D eigenvalue weighted by Gasteiger charge is 1.96. The van der Waals surface area contributed by atoms with E-state index >= 15 is 0 Å². The fourth-order valence-corrected chi connectivity index (χ4v) is 2.33. The molecule has 0 unspecified atom stereocenters. The molecule has 0 spiro atoms. The molecule has 2 aromatic carbocycles. The van der Waals surface area contributed by atoms with Crippen molar-refractivity contribution in [1.29, 1.82) is 0 Å². The van der Waals surface area contributed by atoms with E-state index in [0.29, 0.717) is 0 Å². The zero-order chi connectivity index (χ0) is 12.9. The monoisotopic (exact) mass is 265 g/mol. The number of rotatable bonds is 3. The van der Waals surface area contributed by atoms with Crippen molar-refractivity contribution in [3.05, 3.63) is 64.6 Å². The highest BCUT2D eigenvalue weighted by molar-refractivity contribution is 7.11. The second-order valence-corrected chi connectivity index (χ2v) is 4.85. The molecule has 1 aromatic heterocycles. The van der Waals surface area contributed by atoms with Crippen molar-refractivity contribution < 1.29 is 0 Å². The third kappa shape index (κ3) is 2.74. The van der Waals surface area contributed by atoms with Gasteiger partial charge in [-0.15, -0.1) is 11.3 Å². The molecule has 0 aliphatic carbocycles. The maximum absolute atomic E-state index is 4.11. The maximum Gasteiger partial charge on any atom is 0.136 e. The predicted molar refractivity (Wildman–Crippen MR) is 81.3 cm³/mol. The lowest BCUT2D eigenvalue weighted by Crippen LogP contribution is -1.83. The normalized spacial score (nSPS) is 11.8. The average Bonchev–Trinajstić information content (AvgIpc) is 2.97. The van der Waals surface area contributed by atoms with E-state index in [9.17, 15) is 0 Å². The van der Waals surface area contributed by atoms with E-state index < -0.39 is 0 Å². The zero-order valence-electron chi connectivity index (χ0n) is 10.1. The van der Waals surface area contributed by atoms with Crippen LogP contribution in [0.4, 0.5) is 0 Å². The highest BCUT2D eigenvalue weighted by atomic mass is 32.1. The number of hydrogen-bond acceptors (Lipinski definition) is 4. The van der Waals surface area contributed by atoms with Gasteiger partial charge in [0, 0.05) is 17.1 Å². The molecular weight excluding hydrogens is 254 g/mol. The molecule has 3 nitrogen and oxygen atoms in total. The molecule has 0 bridgehead atoms. The highest BCUT2D eigenvalue weighted by Crippen LogP contribution is 2.16. The fourth-order valence-electron chi connectivity index (χ4n) is 1.84. The lowest BCUT2D eigenvalue weighted by molar-refractivity contribution is 1.26. The summed E-state index contributed by atoms with van der Waals surface area (Å²) in [6.45, 7) is 0. The lowest BCUT2D eigenvalue weighted by Gasteiger charge is -1.99. The number of thiazole rings is 1. The Balaban J connectivity index is 1.85. The number of nitrogens with zero attached hydrogens (tertiary/aromatic N) is 3. The molecule has 0 N–H and O–H groups in total. The summed E-state index contributed by atoms with van der Waals surface area (Å²) in [6.07, 6.45) is 5.18. The Morgan fingerprint density at radius 3 is 2.68 bits per heavy atom. The van der Waals surface area contributed by atoms with Crippen molar-refractivity contribution in [2.75, 3.05) is 0 Å². The Hall–Kier alpha value is -2.33. The fraction of sp³-hybridized carbons (Fsp3) is 0. The molecule has 19 heavy (non-hydrogen) atoms. The van der Waals surface area contributed by atoms with Gasteiger partial charge in [-0.2, -0.15) is 10.2 Å². The van der Waals surface area contributed by atoms with Crippen molar-refractivity contribution in [2.45, 2.75) is 0 Å². The average molecular weight is 265 g/mol. The topological polar surface area (TPSA) is 37.6 Å². The second kappa shape index (κ2) is 5.54. The van der Waals surface area contributed by atoms with Gasteiger partial charge < -0.3 is 0 Å². The Morgan fingerprint density at radius 1 is 0.947 bits per heavy atom. The van der Waals surface area contributed by atoms with E-state index in [1.807, 2.05) is 29.6 Å². The van der Waals surface area contributed by atoms with Crippen LogP contribution in [0.1, 0.15) is 10.6 Å². The molecule has 0 fully saturated rings. The summed E-state index contributed by atoms with van der Waals surface area (Å²) in [5.74, 6) is 0. The quantitative estimate of drug-likeness (QED) is 0.525. The number of fused-ring (bicyclic) bond motifs is 1. The summed E-state index contributed by atoms with van der Waals surface area (Å²) in [6, 6.07) is 14.4. The summed E-state index contributed by atoms with van der Waals surface area (Å²) >= 11 is 1.54. The summed E-state index contributed by atoms with van der Waals surface area (Å²) in [7, 11) is 0. The van der Waals surface area contributed by atoms with Gasteiger partial charge in [-0.3, -0.25) is 0 Å². The molecule has 92 valence electrons. The van der Waals surface area contributed by atoms with Crippen LogP contribution in [0, 0.1) is 0 Å². The minimum Gasteiger partial charge on any atom is -0.243 e. The third-order valence-corrected chi connectivity index (χ3v) is 3.42. The molecule has 4 heteroatoms. The van der Waals surface area contributed by atoms with E-state index in [2.05, 4.69) is 33.4 Å². The first-order valence-electron chi connectivity index (χ1n) is 5.87. The van der Waals surface area contributed by atoms with Crippen molar-refractivity contribution in [3.8, 4) is 0 Å². The van der Waals surface area contributed by atoms with Gasteiger partial charge in [-0.05, 0) is 10.8 Å². The lowest BCUT2D eigenvalue weighted by atomic mass is 10.1. The van der Waals surface area contributed by atoms with E-state index in [1.54, 1.807) is 18.6 Å². The van der Waals surface area contributed by atoms with Crippen LogP contribution >= 0.6 is 11.3 Å². The Labute approximate surface area is 115 Å². The van der Waals surface area contributed by atoms with Crippen LogP contribution in [0.3, 0.4) is 0 Å². The van der Waals surface area contributed by atoms with E-state index in [0.717, 1.165) is 10.6 Å². The number of hydrogen-bond donors (Lipinski definition) is 0. The SMILES string of the molecule is C(=N\N=C\c1cccc2ccccc12)/c1nccs1. The van der Waals surface area contributed by atoms with E-state index in [4.69, 9.17) is 0 Å². The zero-order valence-corrected chi connectivity index (χ0v) is 10.9. The van der Waals surface area contributed by atoms with Gasteiger partial charge in [-0.25, -0.2) is 4.98 Å². The molecule has 0 saturated heterocycles. The van der Waals surface area contributed by atoms with Crippen molar-refractivity contribution in [3.63, 3.8) is 0 Å². The minimum atomic E-state index is 0.857. The molecule has 0 atom stereocenters. The number of aromatic nitrogens is 1. The molecule has 0 aliphatic heterocycles. The van der Waals surface area contributed by atoms with Crippen LogP contribution < -0.4 is 0 Å².